The lowest BCUT2D eigenvalue weighted by atomic mass is 10.0. The van der Waals surface area contributed by atoms with Gasteiger partial charge in [-0.15, -0.1) is 0 Å². The molecule has 0 radical (unpaired) electrons. The number of methoxy groups -OCH3 is 1. The average Bonchev–Trinajstić information content (AvgIpc) is 2.83. The number of alkyl halides is 2. The largest absolute Gasteiger partial charge is 0.496 e. The summed E-state index contributed by atoms with van der Waals surface area (Å²) in [6.45, 7) is 5.26. The minimum Gasteiger partial charge on any atom is -0.496 e. The fourth-order valence-corrected chi connectivity index (χ4v) is 4.01. The highest BCUT2D eigenvalue weighted by Crippen LogP contribution is 2.33. The Hall–Kier alpha value is -3.40. The van der Waals surface area contributed by atoms with E-state index in [2.05, 4.69) is 15.3 Å². The molecule has 1 aliphatic heterocycles. The number of hydrogen-bond donors (Lipinski definition) is 1. The van der Waals surface area contributed by atoms with Crippen LogP contribution in [0.15, 0.2) is 30.3 Å². The van der Waals surface area contributed by atoms with Crippen LogP contribution in [-0.4, -0.2) is 54.2 Å². The third-order valence-electron chi connectivity index (χ3n) is 5.77. The van der Waals surface area contributed by atoms with E-state index in [1.165, 1.54) is 19.2 Å². The van der Waals surface area contributed by atoms with Gasteiger partial charge in [0.25, 0.3) is 12.3 Å². The van der Waals surface area contributed by atoms with Crippen molar-refractivity contribution in [1.82, 2.24) is 14.9 Å². The molecule has 0 aliphatic carbocycles. The zero-order chi connectivity index (χ0) is 24.4. The van der Waals surface area contributed by atoms with Crippen LogP contribution >= 0.6 is 0 Å². The fraction of sp³-hybridized carbons (Fsp3) is 0.375. The van der Waals surface area contributed by atoms with Crippen molar-refractivity contribution >= 4 is 22.6 Å². The molecule has 1 fully saturated rings. The Morgan fingerprint density at radius 1 is 1.18 bits per heavy atom. The molecular formula is C24H25F3N4O3. The molecule has 7 nitrogen and oxygen atoms in total. The number of aromatic nitrogens is 2. The maximum absolute atomic E-state index is 14.7. The number of carbonyl (C=O) groups is 1. The lowest BCUT2D eigenvalue weighted by Crippen LogP contribution is -2.40. The van der Waals surface area contributed by atoms with Crippen LogP contribution in [0.5, 0.6) is 5.75 Å². The molecule has 4 rings (SSSR count). The topological polar surface area (TPSA) is 76.6 Å². The van der Waals surface area contributed by atoms with Gasteiger partial charge in [-0.05, 0) is 26.0 Å². The maximum Gasteiger partial charge on any atom is 0.266 e. The second-order valence-electron chi connectivity index (χ2n) is 8.01. The molecule has 10 heteroatoms. The lowest BCUT2D eigenvalue weighted by Gasteiger charge is -2.27. The van der Waals surface area contributed by atoms with Crippen molar-refractivity contribution in [1.29, 1.82) is 0 Å². The van der Waals surface area contributed by atoms with Gasteiger partial charge >= 0.3 is 0 Å². The first-order chi connectivity index (χ1) is 16.3. The quantitative estimate of drug-likeness (QED) is 0.560. The van der Waals surface area contributed by atoms with Gasteiger partial charge in [-0.1, -0.05) is 18.2 Å². The summed E-state index contributed by atoms with van der Waals surface area (Å²) in [4.78, 5) is 23.7. The summed E-state index contributed by atoms with van der Waals surface area (Å²) < 4.78 is 51.8. The Bertz CT molecular complexity index is 1220. The molecule has 1 N–H and O–H groups in total. The predicted molar refractivity (Wildman–Crippen MR) is 121 cm³/mol. The number of anilines is 1. The number of amides is 1. The molecule has 0 spiro atoms. The smallest absolute Gasteiger partial charge is 0.266 e. The van der Waals surface area contributed by atoms with Gasteiger partial charge in [-0.25, -0.2) is 23.1 Å². The molecule has 180 valence electrons. The molecule has 0 unspecified atom stereocenters. The van der Waals surface area contributed by atoms with Gasteiger partial charge in [0.15, 0.2) is 0 Å². The van der Waals surface area contributed by atoms with Crippen LogP contribution in [0.25, 0.3) is 10.9 Å². The highest BCUT2D eigenvalue weighted by Gasteiger charge is 2.24. The molecule has 1 aromatic heterocycles. The minimum absolute atomic E-state index is 0.0910. The van der Waals surface area contributed by atoms with E-state index >= 15 is 0 Å². The van der Waals surface area contributed by atoms with E-state index in [0.29, 0.717) is 60.2 Å². The molecule has 2 heterocycles. The zero-order valence-electron chi connectivity index (χ0n) is 19.1. The molecular weight excluding hydrogens is 449 g/mol. The number of hydrogen-bond acceptors (Lipinski definition) is 6. The van der Waals surface area contributed by atoms with Gasteiger partial charge in [0.05, 0.1) is 43.0 Å². The zero-order valence-corrected chi connectivity index (χ0v) is 19.1. The van der Waals surface area contributed by atoms with Crippen LogP contribution in [0, 0.1) is 12.7 Å². The molecule has 2 aromatic carbocycles. The molecule has 0 bridgehead atoms. The number of nitrogens with one attached hydrogen (secondary N) is 1. The first-order valence-corrected chi connectivity index (χ1v) is 10.9. The number of benzene rings is 2. The van der Waals surface area contributed by atoms with E-state index in [1.54, 1.807) is 30.9 Å². The molecule has 1 amide bonds. The van der Waals surface area contributed by atoms with Gasteiger partial charge in [0, 0.05) is 24.0 Å². The number of carbonyl (C=O) groups excluding carboxylic acids is 1. The highest BCUT2D eigenvalue weighted by molar-refractivity contribution is 6.02. The first kappa shape index (κ1) is 23.7. The Morgan fingerprint density at radius 2 is 1.88 bits per heavy atom. The third kappa shape index (κ3) is 4.63. The summed E-state index contributed by atoms with van der Waals surface area (Å²) in [7, 11) is 1.47. The number of halogens is 3. The Labute approximate surface area is 194 Å². The molecule has 1 aliphatic rings. The van der Waals surface area contributed by atoms with Crippen molar-refractivity contribution in [3.63, 3.8) is 0 Å². The summed E-state index contributed by atoms with van der Waals surface area (Å²) in [6, 6.07) is 6.55. The van der Waals surface area contributed by atoms with Gasteiger partial charge in [-0.3, -0.25) is 4.79 Å². The summed E-state index contributed by atoms with van der Waals surface area (Å²) in [5.41, 5.74) is 0.308. The summed E-state index contributed by atoms with van der Waals surface area (Å²) in [5, 5.41) is 3.66. The van der Waals surface area contributed by atoms with Gasteiger partial charge < -0.3 is 19.7 Å². The molecule has 34 heavy (non-hydrogen) atoms. The van der Waals surface area contributed by atoms with Crippen molar-refractivity contribution < 1.29 is 27.4 Å². The van der Waals surface area contributed by atoms with Crippen molar-refractivity contribution in [3.05, 3.63) is 58.7 Å². The van der Waals surface area contributed by atoms with E-state index in [1.807, 2.05) is 0 Å². The minimum atomic E-state index is -2.92. The lowest BCUT2D eigenvalue weighted by molar-refractivity contribution is 0.0301. The van der Waals surface area contributed by atoms with Gasteiger partial charge in [0.1, 0.15) is 23.2 Å². The number of morpholine rings is 1. The van der Waals surface area contributed by atoms with Gasteiger partial charge in [0.2, 0.25) is 0 Å². The van der Waals surface area contributed by atoms with Crippen LogP contribution in [0.1, 0.15) is 46.7 Å². The maximum atomic E-state index is 14.7. The van der Waals surface area contributed by atoms with Crippen molar-refractivity contribution in [3.8, 4) is 5.75 Å². The van der Waals surface area contributed by atoms with Crippen LogP contribution in [0.4, 0.5) is 19.0 Å². The van der Waals surface area contributed by atoms with Crippen molar-refractivity contribution in [2.75, 3.05) is 38.7 Å². The first-order valence-electron chi connectivity index (χ1n) is 10.9. The summed E-state index contributed by atoms with van der Waals surface area (Å²) >= 11 is 0. The van der Waals surface area contributed by atoms with Crippen LogP contribution in [0.2, 0.25) is 0 Å². The number of rotatable bonds is 6. The van der Waals surface area contributed by atoms with Crippen LogP contribution in [0.3, 0.4) is 0 Å². The predicted octanol–water partition coefficient (Wildman–Crippen LogP) is 4.67. The molecule has 3 aromatic rings. The number of ether oxygens (including phenoxy) is 2. The van der Waals surface area contributed by atoms with E-state index in [9.17, 15) is 18.0 Å². The van der Waals surface area contributed by atoms with Crippen molar-refractivity contribution in [2.45, 2.75) is 26.3 Å². The van der Waals surface area contributed by atoms with E-state index in [0.717, 1.165) is 6.07 Å². The number of nitrogens with zero attached hydrogens (tertiary/aromatic N) is 3. The average molecular weight is 474 g/mol. The van der Waals surface area contributed by atoms with E-state index in [-0.39, 0.29) is 11.5 Å². The number of fused-ring (bicyclic) bond motifs is 1. The van der Waals surface area contributed by atoms with Crippen LogP contribution in [-0.2, 0) is 4.74 Å². The molecule has 1 saturated heterocycles. The monoisotopic (exact) mass is 474 g/mol. The second-order valence-corrected chi connectivity index (χ2v) is 8.01. The third-order valence-corrected chi connectivity index (χ3v) is 5.77. The highest BCUT2D eigenvalue weighted by atomic mass is 19.3. The second kappa shape index (κ2) is 9.84. The molecule has 1 atom stereocenters. The van der Waals surface area contributed by atoms with Gasteiger partial charge in [-0.2, -0.15) is 0 Å². The Balaban J connectivity index is 1.73. The Morgan fingerprint density at radius 3 is 2.56 bits per heavy atom. The number of aryl methyl sites for hydroxylation is 1. The summed E-state index contributed by atoms with van der Waals surface area (Å²) in [5.74, 6) is 0.00752. The fourth-order valence-electron chi connectivity index (χ4n) is 4.01. The Kier molecular flexibility index (Phi) is 6.87. The van der Waals surface area contributed by atoms with Crippen LogP contribution < -0.4 is 10.1 Å². The van der Waals surface area contributed by atoms with E-state index in [4.69, 9.17) is 9.47 Å². The normalized spacial score (nSPS) is 15.0. The molecule has 0 saturated carbocycles. The van der Waals surface area contributed by atoms with Crippen molar-refractivity contribution in [2.24, 2.45) is 0 Å². The standard InChI is InChI=1S/C24H25F3N4O3/c1-13(15-5-4-6-16(21(15)25)22(26)27)28-23-17-12-20(33-3)18(11-19(17)29-14(2)30-23)24(32)31-7-9-34-10-8-31/h4-6,11-13,22H,7-10H2,1-3H3,(H,28,29,30)/t13-/m1/s1. The summed E-state index contributed by atoms with van der Waals surface area (Å²) in [6.07, 6.45) is -2.92. The van der Waals surface area contributed by atoms with E-state index < -0.39 is 23.8 Å². The SMILES string of the molecule is COc1cc2c(N[C@H](C)c3cccc(C(F)F)c3F)nc(C)nc2cc1C(=O)N1CCOCC1.